The van der Waals surface area contributed by atoms with Gasteiger partial charge in [-0.25, -0.2) is 0 Å². The molecule has 0 aromatic rings. The highest BCUT2D eigenvalue weighted by Gasteiger charge is 2.36. The van der Waals surface area contributed by atoms with Crippen LogP contribution in [0.3, 0.4) is 0 Å². The van der Waals surface area contributed by atoms with Crippen molar-refractivity contribution in [2.24, 2.45) is 10.4 Å². The van der Waals surface area contributed by atoms with Crippen LogP contribution in [0.1, 0.15) is 86.5 Å². The van der Waals surface area contributed by atoms with Gasteiger partial charge >= 0.3 is 0 Å². The smallest absolute Gasteiger partial charge is 0.218 e. The van der Waals surface area contributed by atoms with E-state index in [4.69, 9.17) is 0 Å². The number of unbranched alkanes of at least 4 members (excludes halogenated alkanes) is 1. The van der Waals surface area contributed by atoms with Crippen molar-refractivity contribution in [1.29, 1.82) is 0 Å². The van der Waals surface area contributed by atoms with Crippen LogP contribution >= 0.6 is 0 Å². The zero-order valence-electron chi connectivity index (χ0n) is 16.8. The summed E-state index contributed by atoms with van der Waals surface area (Å²) in [7, 11) is 0.682. The molecule has 0 spiro atoms. The second kappa shape index (κ2) is 8.83. The summed E-state index contributed by atoms with van der Waals surface area (Å²) in [5.74, 6) is 0. The van der Waals surface area contributed by atoms with Crippen LogP contribution in [0.4, 0.5) is 0 Å². The summed E-state index contributed by atoms with van der Waals surface area (Å²) in [6.45, 7) is 17.3. The first-order chi connectivity index (χ1) is 11.1. The predicted octanol–water partition coefficient (Wildman–Crippen LogP) is 5.84. The van der Waals surface area contributed by atoms with Crippen LogP contribution in [0, 0.1) is 5.41 Å². The average Bonchev–Trinajstić information content (AvgIpc) is 2.42. The van der Waals surface area contributed by atoms with Gasteiger partial charge in [-0.05, 0) is 49.8 Å². The van der Waals surface area contributed by atoms with Crippen molar-refractivity contribution >= 4 is 19.2 Å². The molecule has 0 saturated carbocycles. The maximum atomic E-state index is 12.5. The fourth-order valence-corrected chi connectivity index (χ4v) is 3.85. The Bertz CT molecular complexity index is 524. The van der Waals surface area contributed by atoms with Crippen molar-refractivity contribution in [2.45, 2.75) is 91.8 Å². The fourth-order valence-electron chi connectivity index (χ4n) is 3.85. The lowest BCUT2D eigenvalue weighted by atomic mass is 9.43. The van der Waals surface area contributed by atoms with Gasteiger partial charge in [0.1, 0.15) is 5.68 Å². The number of carbonyl (C=O) groups excluding carboxylic acids is 1. The molecule has 1 rings (SSSR count). The van der Waals surface area contributed by atoms with Gasteiger partial charge in [-0.1, -0.05) is 59.6 Å². The normalized spacial score (nSPS) is 22.2. The summed E-state index contributed by atoms with van der Waals surface area (Å²) in [5.41, 5.74) is 3.97. The highest BCUT2D eigenvalue weighted by molar-refractivity contribution is 6.80. The van der Waals surface area contributed by atoms with Gasteiger partial charge in [-0.15, -0.1) is 0 Å². The van der Waals surface area contributed by atoms with Crippen molar-refractivity contribution in [3.05, 3.63) is 23.4 Å². The van der Waals surface area contributed by atoms with E-state index >= 15 is 0 Å². The molecule has 3 heteroatoms. The van der Waals surface area contributed by atoms with Crippen LogP contribution in [-0.4, -0.2) is 19.2 Å². The lowest BCUT2D eigenvalue weighted by molar-refractivity contribution is -0.109. The molecular weight excluding hydrogens is 293 g/mol. The maximum absolute atomic E-state index is 12.5. The monoisotopic (exact) mass is 329 g/mol. The zero-order chi connectivity index (χ0) is 18.4. The summed E-state index contributed by atoms with van der Waals surface area (Å²) in [6.07, 6.45) is 9.20. The highest BCUT2D eigenvalue weighted by Crippen LogP contribution is 2.43. The Morgan fingerprint density at radius 1 is 1.38 bits per heavy atom. The fraction of sp³-hybridized carbons (Fsp3) is 0.714. The van der Waals surface area contributed by atoms with E-state index in [1.165, 1.54) is 12.0 Å². The Morgan fingerprint density at radius 3 is 2.58 bits per heavy atom. The zero-order valence-corrected chi connectivity index (χ0v) is 16.8. The quantitative estimate of drug-likeness (QED) is 0.238. The van der Waals surface area contributed by atoms with Gasteiger partial charge in [0, 0.05) is 17.5 Å². The van der Waals surface area contributed by atoms with Crippen LogP contribution in [0.2, 0.25) is 5.31 Å². The summed E-state index contributed by atoms with van der Waals surface area (Å²) < 4.78 is 0. The molecule has 1 heterocycles. The molecule has 134 valence electrons. The average molecular weight is 329 g/mol. The third-order valence-electron chi connectivity index (χ3n) is 4.85. The van der Waals surface area contributed by atoms with E-state index in [9.17, 15) is 4.79 Å². The number of allylic oxidation sites excluding steroid dienone is 3. The van der Waals surface area contributed by atoms with Crippen molar-refractivity contribution in [3.8, 4) is 0 Å². The number of hydrogen-bond acceptors (Lipinski definition) is 2. The second-order valence-corrected chi connectivity index (χ2v) is 8.95. The molecule has 0 amide bonds. The van der Waals surface area contributed by atoms with E-state index in [-0.39, 0.29) is 5.31 Å². The predicted molar refractivity (Wildman–Crippen MR) is 108 cm³/mol. The number of carbonyl (C=O) groups is 1. The molecule has 1 unspecified atom stereocenters. The Kier molecular flexibility index (Phi) is 7.70. The highest BCUT2D eigenvalue weighted by atomic mass is 16.1. The molecule has 24 heavy (non-hydrogen) atoms. The summed E-state index contributed by atoms with van der Waals surface area (Å²) >= 11 is 0. The van der Waals surface area contributed by atoms with Crippen LogP contribution in [0.5, 0.6) is 0 Å². The minimum Gasteiger partial charge on any atom is -0.307 e. The maximum Gasteiger partial charge on any atom is 0.218 e. The molecule has 1 atom stereocenters. The van der Waals surface area contributed by atoms with Gasteiger partial charge in [0.2, 0.25) is 7.28 Å². The SMILES string of the molecule is C=C(CCCCC1(C)BC(=O)C(CC)=C(/N=C\C)C1)CC(C)(C)C. The molecule has 0 bridgehead atoms. The number of rotatable bonds is 8. The Morgan fingerprint density at radius 2 is 2.04 bits per heavy atom. The van der Waals surface area contributed by atoms with Crippen molar-refractivity contribution in [3.63, 3.8) is 0 Å². The van der Waals surface area contributed by atoms with Crippen LogP contribution in [0.25, 0.3) is 0 Å². The second-order valence-electron chi connectivity index (χ2n) is 8.95. The summed E-state index contributed by atoms with van der Waals surface area (Å²) in [5, 5.41) is 0.0724. The van der Waals surface area contributed by atoms with Gasteiger partial charge in [0.25, 0.3) is 0 Å². The minimum atomic E-state index is 0.0724. The molecule has 0 aromatic heterocycles. The minimum absolute atomic E-state index is 0.0724. The molecule has 0 aromatic carbocycles. The molecule has 2 nitrogen and oxygen atoms in total. The number of aliphatic imine (C=N–C) groups is 1. The third-order valence-corrected chi connectivity index (χ3v) is 4.85. The molecule has 1 aliphatic rings. The first kappa shape index (κ1) is 20.9. The number of nitrogens with zero attached hydrogens (tertiary/aromatic N) is 1. The van der Waals surface area contributed by atoms with E-state index in [2.05, 4.69) is 46.2 Å². The first-order valence-corrected chi connectivity index (χ1v) is 9.51. The van der Waals surface area contributed by atoms with Crippen LogP contribution < -0.4 is 0 Å². The van der Waals surface area contributed by atoms with Gasteiger partial charge in [-0.3, -0.25) is 4.99 Å². The molecule has 1 aliphatic heterocycles. The van der Waals surface area contributed by atoms with Gasteiger partial charge in [0.15, 0.2) is 0 Å². The third kappa shape index (κ3) is 6.79. The lowest BCUT2D eigenvalue weighted by Gasteiger charge is -2.33. The van der Waals surface area contributed by atoms with Crippen LogP contribution in [0.15, 0.2) is 28.4 Å². The number of hydrogen-bond donors (Lipinski definition) is 0. The largest absolute Gasteiger partial charge is 0.307 e. The van der Waals surface area contributed by atoms with E-state index in [0.29, 0.717) is 18.4 Å². The first-order valence-electron chi connectivity index (χ1n) is 9.51. The lowest BCUT2D eigenvalue weighted by Crippen LogP contribution is -2.31. The molecule has 0 N–H and O–H groups in total. The molecular formula is C21H36BNO. The van der Waals surface area contributed by atoms with E-state index in [1.807, 2.05) is 13.1 Å². The molecule has 0 fully saturated rings. The van der Waals surface area contributed by atoms with Gasteiger partial charge in [0.05, 0.1) is 0 Å². The standard InChI is InChI=1S/C21H36BNO/c1-8-17-18(23-9-2)15-21(7,22-19(17)24)13-11-10-12-16(3)14-20(4,5)6/h9,22H,3,8,10-15H2,1-2,4-7H3/b23-9-. The Labute approximate surface area is 150 Å². The van der Waals surface area contributed by atoms with E-state index < -0.39 is 0 Å². The van der Waals surface area contributed by atoms with Gasteiger partial charge < -0.3 is 4.79 Å². The Hall–Kier alpha value is -1.12. The molecule has 0 radical (unpaired) electrons. The van der Waals surface area contributed by atoms with E-state index in [1.54, 1.807) is 0 Å². The molecule has 0 saturated heterocycles. The van der Waals surface area contributed by atoms with E-state index in [0.717, 1.165) is 49.8 Å². The summed E-state index contributed by atoms with van der Waals surface area (Å²) in [6, 6.07) is 0. The molecule has 0 aliphatic carbocycles. The van der Waals surface area contributed by atoms with Crippen LogP contribution in [-0.2, 0) is 4.79 Å². The topological polar surface area (TPSA) is 29.4 Å². The van der Waals surface area contributed by atoms with Crippen molar-refractivity contribution in [2.75, 3.05) is 0 Å². The Balaban J connectivity index is 2.55. The summed E-state index contributed by atoms with van der Waals surface area (Å²) in [4.78, 5) is 17.0. The van der Waals surface area contributed by atoms with Gasteiger partial charge in [-0.2, -0.15) is 0 Å². The van der Waals surface area contributed by atoms with Crippen molar-refractivity contribution in [1.82, 2.24) is 0 Å². The van der Waals surface area contributed by atoms with Crippen molar-refractivity contribution < 1.29 is 4.79 Å².